The highest BCUT2D eigenvalue weighted by atomic mass is 35.5. The van der Waals surface area contributed by atoms with Gasteiger partial charge in [-0.3, -0.25) is 0 Å². The zero-order chi connectivity index (χ0) is 11.6. The van der Waals surface area contributed by atoms with E-state index in [1.807, 2.05) is 6.92 Å². The molecule has 0 aliphatic rings. The molecule has 0 fully saturated rings. The van der Waals surface area contributed by atoms with Crippen molar-refractivity contribution in [3.05, 3.63) is 28.5 Å². The third kappa shape index (κ3) is 3.51. The number of nitrogens with zero attached hydrogens (tertiary/aromatic N) is 1. The second kappa shape index (κ2) is 4.19. The van der Waals surface area contributed by atoms with Crippen LogP contribution in [0, 0.1) is 6.92 Å². The van der Waals surface area contributed by atoms with E-state index in [0.717, 1.165) is 5.56 Å². The van der Waals surface area contributed by atoms with Gasteiger partial charge in [0.1, 0.15) is 16.4 Å². The van der Waals surface area contributed by atoms with Crippen molar-refractivity contribution < 1.29 is 9.53 Å². The van der Waals surface area contributed by atoms with Crippen molar-refractivity contribution in [2.75, 3.05) is 0 Å². The summed E-state index contributed by atoms with van der Waals surface area (Å²) in [4.78, 5) is 15.5. The summed E-state index contributed by atoms with van der Waals surface area (Å²) in [6.07, 6.45) is 0. The van der Waals surface area contributed by atoms with Crippen molar-refractivity contribution in [2.45, 2.75) is 33.3 Å². The zero-order valence-electron chi connectivity index (χ0n) is 9.30. The van der Waals surface area contributed by atoms with Gasteiger partial charge in [0.05, 0.1) is 0 Å². The van der Waals surface area contributed by atoms with Crippen molar-refractivity contribution in [1.29, 1.82) is 0 Å². The topological polar surface area (TPSA) is 39.2 Å². The van der Waals surface area contributed by atoms with Crippen LogP contribution < -0.4 is 0 Å². The number of halogens is 1. The molecule has 0 amide bonds. The van der Waals surface area contributed by atoms with Crippen LogP contribution in [0.1, 0.15) is 36.8 Å². The molecule has 4 heteroatoms. The second-order valence-corrected chi connectivity index (χ2v) is 4.66. The van der Waals surface area contributed by atoms with Gasteiger partial charge in [-0.2, -0.15) is 0 Å². The smallest absolute Gasteiger partial charge is 0.357 e. The lowest BCUT2D eigenvalue weighted by Gasteiger charge is -2.19. The number of hydrogen-bond donors (Lipinski definition) is 0. The van der Waals surface area contributed by atoms with E-state index in [1.165, 1.54) is 0 Å². The Hall–Kier alpha value is -1.09. The Morgan fingerprint density at radius 2 is 2.00 bits per heavy atom. The van der Waals surface area contributed by atoms with Gasteiger partial charge >= 0.3 is 5.97 Å². The molecule has 0 N–H and O–H groups in total. The Morgan fingerprint density at radius 3 is 2.47 bits per heavy atom. The third-order valence-corrected chi connectivity index (χ3v) is 2.03. The molecule has 0 aliphatic carbocycles. The summed E-state index contributed by atoms with van der Waals surface area (Å²) in [7, 11) is 0. The van der Waals surface area contributed by atoms with Crippen LogP contribution in [0.3, 0.4) is 0 Å². The Morgan fingerprint density at radius 1 is 1.40 bits per heavy atom. The van der Waals surface area contributed by atoms with Gasteiger partial charge in [-0.15, -0.1) is 0 Å². The van der Waals surface area contributed by atoms with Gasteiger partial charge in [0.25, 0.3) is 0 Å². The largest absolute Gasteiger partial charge is 0.455 e. The Balaban J connectivity index is 2.88. The van der Waals surface area contributed by atoms with Crippen LogP contribution in [0.2, 0.25) is 5.15 Å². The fraction of sp³-hybridized carbons (Fsp3) is 0.455. The summed E-state index contributed by atoms with van der Waals surface area (Å²) in [6.45, 7) is 7.25. The molecule has 0 bridgehead atoms. The van der Waals surface area contributed by atoms with Crippen LogP contribution in [-0.4, -0.2) is 16.6 Å². The van der Waals surface area contributed by atoms with Gasteiger partial charge in [0.2, 0.25) is 0 Å². The predicted octanol–water partition coefficient (Wildman–Crippen LogP) is 3.00. The Labute approximate surface area is 94.4 Å². The number of pyridine rings is 1. The van der Waals surface area contributed by atoms with E-state index >= 15 is 0 Å². The third-order valence-electron chi connectivity index (χ3n) is 1.64. The first kappa shape index (κ1) is 12.0. The van der Waals surface area contributed by atoms with Crippen LogP contribution in [0.5, 0.6) is 0 Å². The summed E-state index contributed by atoms with van der Waals surface area (Å²) in [6, 6.07) is 3.35. The molecule has 1 aromatic heterocycles. The lowest BCUT2D eigenvalue weighted by atomic mass is 10.2. The van der Waals surface area contributed by atoms with Crippen molar-refractivity contribution in [1.82, 2.24) is 4.98 Å². The molecule has 0 spiro atoms. The van der Waals surface area contributed by atoms with E-state index in [-0.39, 0.29) is 5.69 Å². The average molecular weight is 228 g/mol. The standard InChI is InChI=1S/C11H14ClNO2/c1-7-5-6-8(13-9(7)12)10(14)15-11(2,3)4/h5-6H,1-4H3. The number of rotatable bonds is 1. The monoisotopic (exact) mass is 227 g/mol. The maximum absolute atomic E-state index is 11.6. The lowest BCUT2D eigenvalue weighted by Crippen LogP contribution is -2.24. The zero-order valence-corrected chi connectivity index (χ0v) is 10.1. The Bertz CT molecular complexity index is 383. The van der Waals surface area contributed by atoms with Crippen molar-refractivity contribution in [3.63, 3.8) is 0 Å². The molecule has 3 nitrogen and oxygen atoms in total. The van der Waals surface area contributed by atoms with Crippen LogP contribution in [0.4, 0.5) is 0 Å². The molecule has 0 aromatic carbocycles. The number of carbonyl (C=O) groups is 1. The summed E-state index contributed by atoms with van der Waals surface area (Å²) in [5.74, 6) is -0.454. The van der Waals surface area contributed by atoms with Gasteiger partial charge in [-0.05, 0) is 39.3 Å². The highest BCUT2D eigenvalue weighted by molar-refractivity contribution is 6.30. The SMILES string of the molecule is Cc1ccc(C(=O)OC(C)(C)C)nc1Cl. The molecule has 1 rings (SSSR count). The number of aryl methyl sites for hydroxylation is 1. The number of aromatic nitrogens is 1. The minimum absolute atomic E-state index is 0.237. The van der Waals surface area contributed by atoms with Crippen molar-refractivity contribution in [2.24, 2.45) is 0 Å². The molecule has 1 aromatic rings. The van der Waals surface area contributed by atoms with Crippen molar-refractivity contribution >= 4 is 17.6 Å². The summed E-state index contributed by atoms with van der Waals surface area (Å²) >= 11 is 5.81. The molecule has 82 valence electrons. The van der Waals surface area contributed by atoms with Gasteiger partial charge in [0, 0.05) is 0 Å². The number of carbonyl (C=O) groups excluding carboxylic acids is 1. The van der Waals surface area contributed by atoms with Gasteiger partial charge in [-0.1, -0.05) is 17.7 Å². The Kier molecular flexibility index (Phi) is 3.35. The molecular formula is C11H14ClNO2. The molecule has 0 unspecified atom stereocenters. The highest BCUT2D eigenvalue weighted by Crippen LogP contribution is 2.15. The minimum atomic E-state index is -0.518. The van der Waals surface area contributed by atoms with E-state index < -0.39 is 11.6 Å². The van der Waals surface area contributed by atoms with Crippen LogP contribution in [0.25, 0.3) is 0 Å². The highest BCUT2D eigenvalue weighted by Gasteiger charge is 2.19. The summed E-state index contributed by atoms with van der Waals surface area (Å²) in [5, 5.41) is 0.332. The quantitative estimate of drug-likeness (QED) is 0.547. The molecule has 0 atom stereocenters. The predicted molar refractivity (Wildman–Crippen MR) is 59.2 cm³/mol. The molecule has 0 saturated heterocycles. The van der Waals surface area contributed by atoms with Crippen molar-refractivity contribution in [3.8, 4) is 0 Å². The van der Waals surface area contributed by atoms with Crippen LogP contribution >= 0.6 is 11.6 Å². The van der Waals surface area contributed by atoms with E-state index in [9.17, 15) is 4.79 Å². The van der Waals surface area contributed by atoms with Gasteiger partial charge in [-0.25, -0.2) is 9.78 Å². The fourth-order valence-corrected chi connectivity index (χ4v) is 1.10. The maximum Gasteiger partial charge on any atom is 0.357 e. The van der Waals surface area contributed by atoms with E-state index in [4.69, 9.17) is 16.3 Å². The van der Waals surface area contributed by atoms with Gasteiger partial charge < -0.3 is 4.74 Å². The number of ether oxygens (including phenoxy) is 1. The summed E-state index contributed by atoms with van der Waals surface area (Å²) < 4.78 is 5.16. The molecule has 15 heavy (non-hydrogen) atoms. The van der Waals surface area contributed by atoms with E-state index in [0.29, 0.717) is 5.15 Å². The fourth-order valence-electron chi connectivity index (χ4n) is 0.948. The number of esters is 1. The van der Waals surface area contributed by atoms with Crippen LogP contribution in [-0.2, 0) is 4.74 Å². The molecule has 0 saturated carbocycles. The number of hydrogen-bond acceptors (Lipinski definition) is 3. The van der Waals surface area contributed by atoms with E-state index in [2.05, 4.69) is 4.98 Å². The normalized spacial score (nSPS) is 11.3. The first-order valence-corrected chi connectivity index (χ1v) is 5.04. The first-order chi connectivity index (χ1) is 6.79. The van der Waals surface area contributed by atoms with Crippen LogP contribution in [0.15, 0.2) is 12.1 Å². The maximum atomic E-state index is 11.6. The summed E-state index contributed by atoms with van der Waals surface area (Å²) in [5.41, 5.74) is 0.556. The molecule has 0 radical (unpaired) electrons. The second-order valence-electron chi connectivity index (χ2n) is 4.31. The van der Waals surface area contributed by atoms with Gasteiger partial charge in [0.15, 0.2) is 0 Å². The average Bonchev–Trinajstić information content (AvgIpc) is 2.06. The first-order valence-electron chi connectivity index (χ1n) is 4.66. The van der Waals surface area contributed by atoms with E-state index in [1.54, 1.807) is 32.9 Å². The molecular weight excluding hydrogens is 214 g/mol. The minimum Gasteiger partial charge on any atom is -0.455 e. The molecule has 0 aliphatic heterocycles. The lowest BCUT2D eigenvalue weighted by molar-refractivity contribution is 0.00629. The molecule has 1 heterocycles.